The first-order valence-corrected chi connectivity index (χ1v) is 11.1. The number of hydrogen-bond donors (Lipinski definition) is 1. The maximum atomic E-state index is 13.3. The highest BCUT2D eigenvalue weighted by atomic mass is 32.2. The second kappa shape index (κ2) is 9.38. The number of amides is 1. The summed E-state index contributed by atoms with van der Waals surface area (Å²) in [5.74, 6) is -0.630. The Balaban J connectivity index is 1.99. The van der Waals surface area contributed by atoms with Gasteiger partial charge < -0.3 is 14.6 Å². The highest BCUT2D eigenvalue weighted by molar-refractivity contribution is 7.98. The van der Waals surface area contributed by atoms with Crippen molar-refractivity contribution in [1.82, 2.24) is 14.1 Å². The molecule has 0 fully saturated rings. The monoisotopic (exact) mass is 442 g/mol. The fraction of sp³-hybridized carbons (Fsp3) is 0.364. The minimum absolute atomic E-state index is 0.0813. The zero-order valence-corrected chi connectivity index (χ0v) is 19.1. The van der Waals surface area contributed by atoms with Crippen LogP contribution in [0, 0.1) is 12.8 Å². The number of fused-ring (bicyclic) bond motifs is 1. The molecule has 0 saturated heterocycles. The normalized spacial score (nSPS) is 11.2. The molecule has 0 aliphatic carbocycles. The molecule has 2 heterocycles. The van der Waals surface area contributed by atoms with Gasteiger partial charge in [-0.1, -0.05) is 37.7 Å². The Morgan fingerprint density at radius 3 is 2.58 bits per heavy atom. The minimum atomic E-state index is -0.538. The number of nitrogens with one attached hydrogen (secondary N) is 1. The number of ether oxygens (including phenoxy) is 1. The van der Waals surface area contributed by atoms with Gasteiger partial charge in [0.25, 0.3) is 5.56 Å². The third-order valence-electron chi connectivity index (χ3n) is 4.82. The summed E-state index contributed by atoms with van der Waals surface area (Å²) in [5, 5.41) is 3.40. The molecular formula is C22H26N4O4S. The molecule has 0 unspecified atom stereocenters. The van der Waals surface area contributed by atoms with E-state index in [9.17, 15) is 14.4 Å². The maximum absolute atomic E-state index is 13.3. The molecule has 1 amide bonds. The Bertz CT molecular complexity index is 1200. The lowest BCUT2D eigenvalue weighted by molar-refractivity contribution is -0.116. The van der Waals surface area contributed by atoms with E-state index in [1.165, 1.54) is 18.9 Å². The van der Waals surface area contributed by atoms with E-state index >= 15 is 0 Å². The molecule has 3 aromatic rings. The molecule has 2 aromatic heterocycles. The summed E-state index contributed by atoms with van der Waals surface area (Å²) in [5.41, 5.74) is 2.16. The predicted molar refractivity (Wildman–Crippen MR) is 122 cm³/mol. The number of esters is 1. The number of carbonyl (C=O) groups is 2. The Labute approximate surface area is 184 Å². The largest absolute Gasteiger partial charge is 0.465 e. The van der Waals surface area contributed by atoms with Crippen LogP contribution in [0.5, 0.6) is 0 Å². The number of aryl methyl sites for hydroxylation is 1. The second-order valence-corrected chi connectivity index (χ2v) is 8.37. The summed E-state index contributed by atoms with van der Waals surface area (Å²) in [4.78, 5) is 42.7. The van der Waals surface area contributed by atoms with E-state index in [2.05, 4.69) is 10.3 Å². The third kappa shape index (κ3) is 4.66. The molecule has 1 N–H and O–H groups in total. The average Bonchev–Trinajstić information content (AvgIpc) is 3.04. The van der Waals surface area contributed by atoms with Crippen LogP contribution < -0.4 is 10.9 Å². The van der Waals surface area contributed by atoms with Crippen LogP contribution >= 0.6 is 11.8 Å². The molecule has 0 radical (unpaired) electrons. The fourth-order valence-corrected chi connectivity index (χ4v) is 4.01. The molecule has 164 valence electrons. The van der Waals surface area contributed by atoms with Gasteiger partial charge in [-0.05, 0) is 37.3 Å². The van der Waals surface area contributed by atoms with Gasteiger partial charge in [0.2, 0.25) is 5.91 Å². The van der Waals surface area contributed by atoms with Crippen LogP contribution in [0.4, 0.5) is 5.69 Å². The third-order valence-corrected chi connectivity index (χ3v) is 5.49. The van der Waals surface area contributed by atoms with E-state index in [-0.39, 0.29) is 29.5 Å². The van der Waals surface area contributed by atoms with Crippen LogP contribution in [-0.2, 0) is 22.6 Å². The van der Waals surface area contributed by atoms with Gasteiger partial charge in [-0.2, -0.15) is 0 Å². The fourth-order valence-electron chi connectivity index (χ4n) is 3.45. The number of para-hydroxylation sites is 1. The molecule has 0 aliphatic rings. The summed E-state index contributed by atoms with van der Waals surface area (Å²) in [7, 11) is 1.29. The maximum Gasteiger partial charge on any atom is 0.339 e. The zero-order valence-electron chi connectivity index (χ0n) is 18.3. The van der Waals surface area contributed by atoms with E-state index in [0.29, 0.717) is 28.4 Å². The topological polar surface area (TPSA) is 95.2 Å². The van der Waals surface area contributed by atoms with Crippen molar-refractivity contribution in [3.05, 3.63) is 51.9 Å². The Kier molecular flexibility index (Phi) is 6.84. The number of nitrogens with zero attached hydrogens (tertiary/aromatic N) is 3. The van der Waals surface area contributed by atoms with Crippen molar-refractivity contribution in [3.8, 4) is 0 Å². The van der Waals surface area contributed by atoms with E-state index in [1.807, 2.05) is 33.1 Å². The zero-order chi connectivity index (χ0) is 22.7. The molecule has 8 nitrogen and oxygen atoms in total. The second-order valence-electron chi connectivity index (χ2n) is 7.60. The number of thioether (sulfide) groups is 1. The van der Waals surface area contributed by atoms with E-state index in [1.54, 1.807) is 33.4 Å². The van der Waals surface area contributed by atoms with Crippen LogP contribution in [-0.4, -0.2) is 39.4 Å². The molecule has 0 aliphatic heterocycles. The standard InChI is InChI=1S/C22H26N4O4S/c1-13(2)11-26-20(28)19-17(24-22(26)31-5)10-14(3)25(19)12-18(27)23-16-9-7-6-8-15(16)21(29)30-4/h6-10,13H,11-12H2,1-5H3,(H,23,27). The summed E-state index contributed by atoms with van der Waals surface area (Å²) in [6, 6.07) is 8.43. The molecule has 3 rings (SSSR count). The molecule has 31 heavy (non-hydrogen) atoms. The Morgan fingerprint density at radius 2 is 1.94 bits per heavy atom. The van der Waals surface area contributed by atoms with Crippen LogP contribution in [0.3, 0.4) is 0 Å². The van der Waals surface area contributed by atoms with Crippen molar-refractivity contribution in [1.29, 1.82) is 0 Å². The molecule has 0 spiro atoms. The molecule has 0 atom stereocenters. The van der Waals surface area contributed by atoms with Gasteiger partial charge in [0.05, 0.1) is 23.9 Å². The summed E-state index contributed by atoms with van der Waals surface area (Å²) in [6.45, 7) is 6.37. The van der Waals surface area contributed by atoms with Gasteiger partial charge in [-0.15, -0.1) is 0 Å². The highest BCUT2D eigenvalue weighted by Crippen LogP contribution is 2.21. The van der Waals surface area contributed by atoms with Gasteiger partial charge in [0, 0.05) is 12.2 Å². The van der Waals surface area contributed by atoms with Crippen LogP contribution in [0.2, 0.25) is 0 Å². The number of aromatic nitrogens is 3. The average molecular weight is 443 g/mol. The van der Waals surface area contributed by atoms with Crippen molar-refractivity contribution in [2.45, 2.75) is 39.0 Å². The van der Waals surface area contributed by atoms with Crippen LogP contribution in [0.15, 0.2) is 40.3 Å². The number of rotatable bonds is 7. The van der Waals surface area contributed by atoms with Crippen molar-refractivity contribution in [2.75, 3.05) is 18.7 Å². The number of benzene rings is 1. The molecule has 1 aromatic carbocycles. The van der Waals surface area contributed by atoms with E-state index in [4.69, 9.17) is 4.74 Å². The van der Waals surface area contributed by atoms with Crippen molar-refractivity contribution in [2.24, 2.45) is 5.92 Å². The van der Waals surface area contributed by atoms with E-state index in [0.717, 1.165) is 5.69 Å². The summed E-state index contributed by atoms with van der Waals surface area (Å²) < 4.78 is 8.11. The van der Waals surface area contributed by atoms with Gasteiger partial charge in [0.1, 0.15) is 12.1 Å². The Hall–Kier alpha value is -3.07. The number of methoxy groups -OCH3 is 1. The first-order chi connectivity index (χ1) is 14.8. The smallest absolute Gasteiger partial charge is 0.339 e. The van der Waals surface area contributed by atoms with Gasteiger partial charge in [0.15, 0.2) is 5.16 Å². The number of carbonyl (C=O) groups excluding carboxylic acids is 2. The molecular weight excluding hydrogens is 416 g/mol. The van der Waals surface area contributed by atoms with E-state index < -0.39 is 5.97 Å². The first kappa shape index (κ1) is 22.6. The van der Waals surface area contributed by atoms with Crippen molar-refractivity contribution >= 4 is 40.4 Å². The molecule has 9 heteroatoms. The quantitative estimate of drug-likeness (QED) is 0.343. The SMILES string of the molecule is COC(=O)c1ccccc1NC(=O)Cn1c(C)cc2nc(SC)n(CC(C)C)c(=O)c21. The Morgan fingerprint density at radius 1 is 1.23 bits per heavy atom. The first-order valence-electron chi connectivity index (χ1n) is 9.88. The predicted octanol–water partition coefficient (Wildman–Crippen LogP) is 3.31. The number of hydrogen-bond acceptors (Lipinski definition) is 6. The van der Waals surface area contributed by atoms with Crippen LogP contribution in [0.1, 0.15) is 29.9 Å². The minimum Gasteiger partial charge on any atom is -0.465 e. The van der Waals surface area contributed by atoms with Crippen molar-refractivity contribution < 1.29 is 14.3 Å². The molecule has 0 bridgehead atoms. The van der Waals surface area contributed by atoms with Gasteiger partial charge >= 0.3 is 5.97 Å². The lowest BCUT2D eigenvalue weighted by Gasteiger charge is -2.14. The van der Waals surface area contributed by atoms with Crippen molar-refractivity contribution in [3.63, 3.8) is 0 Å². The summed E-state index contributed by atoms with van der Waals surface area (Å²) >= 11 is 1.42. The van der Waals surface area contributed by atoms with Gasteiger partial charge in [-0.25, -0.2) is 9.78 Å². The lowest BCUT2D eigenvalue weighted by Crippen LogP contribution is -2.28. The summed E-state index contributed by atoms with van der Waals surface area (Å²) in [6.07, 6.45) is 1.89. The number of anilines is 1. The van der Waals surface area contributed by atoms with Gasteiger partial charge in [-0.3, -0.25) is 14.2 Å². The molecule has 0 saturated carbocycles. The van der Waals surface area contributed by atoms with Crippen LogP contribution in [0.25, 0.3) is 11.0 Å². The lowest BCUT2D eigenvalue weighted by atomic mass is 10.2. The highest BCUT2D eigenvalue weighted by Gasteiger charge is 2.19.